The Kier molecular flexibility index (Phi) is 6.42. The quantitative estimate of drug-likeness (QED) is 0.525. The molecule has 3 aromatic rings. The number of nitrogens with one attached hydrogen (secondary N) is 1. The molecule has 1 aliphatic heterocycles. The van der Waals surface area contributed by atoms with Gasteiger partial charge in [0.25, 0.3) is 0 Å². The average molecular weight is 440 g/mol. The highest BCUT2D eigenvalue weighted by Crippen LogP contribution is 2.31. The third-order valence-corrected chi connectivity index (χ3v) is 6.53. The molecule has 0 spiro atoms. The van der Waals surface area contributed by atoms with E-state index in [0.29, 0.717) is 12.3 Å². The highest BCUT2D eigenvalue weighted by atomic mass is 16.2. The Morgan fingerprint density at radius 2 is 1.79 bits per heavy atom. The molecular weight excluding hydrogens is 410 g/mol. The van der Waals surface area contributed by atoms with Crippen LogP contribution >= 0.6 is 0 Å². The predicted octanol–water partition coefficient (Wildman–Crippen LogP) is 5.34. The van der Waals surface area contributed by atoms with Crippen molar-refractivity contribution in [2.24, 2.45) is 5.92 Å². The van der Waals surface area contributed by atoms with Gasteiger partial charge < -0.3 is 10.2 Å². The number of nitrogens with zero attached hydrogens (tertiary/aromatic N) is 4. The van der Waals surface area contributed by atoms with Crippen LogP contribution in [0.2, 0.25) is 0 Å². The summed E-state index contributed by atoms with van der Waals surface area (Å²) in [4.78, 5) is 28.7. The van der Waals surface area contributed by atoms with Crippen molar-refractivity contribution in [3.8, 4) is 11.3 Å². The van der Waals surface area contributed by atoms with Crippen molar-refractivity contribution in [1.29, 1.82) is 0 Å². The fourth-order valence-corrected chi connectivity index (χ4v) is 4.66. The first-order chi connectivity index (χ1) is 16.2. The number of hydrogen-bond acceptors (Lipinski definition) is 5. The maximum atomic E-state index is 12.7. The number of anilines is 2. The van der Waals surface area contributed by atoms with Crippen molar-refractivity contribution in [2.45, 2.75) is 38.0 Å². The Labute approximate surface area is 194 Å². The minimum absolute atomic E-state index is 0.235. The molecule has 1 saturated heterocycles. The second kappa shape index (κ2) is 9.94. The molecule has 6 nitrogen and oxygen atoms in total. The Morgan fingerprint density at radius 3 is 2.52 bits per heavy atom. The third kappa shape index (κ3) is 5.28. The van der Waals surface area contributed by atoms with Crippen LogP contribution in [0.4, 0.5) is 11.5 Å². The second-order valence-corrected chi connectivity index (χ2v) is 8.85. The van der Waals surface area contributed by atoms with E-state index in [4.69, 9.17) is 9.97 Å². The number of likely N-dealkylation sites (tertiary alicyclic amines) is 1. The molecule has 33 heavy (non-hydrogen) atoms. The van der Waals surface area contributed by atoms with Crippen molar-refractivity contribution in [3.05, 3.63) is 78.9 Å². The summed E-state index contributed by atoms with van der Waals surface area (Å²) in [5, 5.41) is 3.42. The monoisotopic (exact) mass is 439 g/mol. The van der Waals surface area contributed by atoms with E-state index in [1.807, 2.05) is 53.4 Å². The molecule has 0 bridgehead atoms. The van der Waals surface area contributed by atoms with Crippen LogP contribution in [-0.2, 0) is 4.79 Å². The minimum Gasteiger partial charge on any atom is -0.343 e. The zero-order valence-electron chi connectivity index (χ0n) is 18.7. The summed E-state index contributed by atoms with van der Waals surface area (Å²) < 4.78 is 0. The van der Waals surface area contributed by atoms with Gasteiger partial charge in [-0.1, -0.05) is 30.4 Å². The van der Waals surface area contributed by atoms with Gasteiger partial charge in [0.1, 0.15) is 11.6 Å². The van der Waals surface area contributed by atoms with Gasteiger partial charge in [-0.3, -0.25) is 9.78 Å². The maximum absolute atomic E-state index is 12.7. The van der Waals surface area contributed by atoms with Gasteiger partial charge in [0, 0.05) is 55.1 Å². The zero-order valence-corrected chi connectivity index (χ0v) is 18.7. The lowest BCUT2D eigenvalue weighted by atomic mass is 9.94. The maximum Gasteiger partial charge on any atom is 0.223 e. The number of piperidine rings is 1. The summed E-state index contributed by atoms with van der Waals surface area (Å²) >= 11 is 0. The van der Waals surface area contributed by atoms with E-state index in [-0.39, 0.29) is 11.8 Å². The Morgan fingerprint density at radius 1 is 1.00 bits per heavy atom. The van der Waals surface area contributed by atoms with E-state index >= 15 is 0 Å². The molecular formula is C27H29N5O. The van der Waals surface area contributed by atoms with E-state index in [1.54, 1.807) is 12.4 Å². The molecule has 1 fully saturated rings. The van der Waals surface area contributed by atoms with Gasteiger partial charge in [0.15, 0.2) is 0 Å². The van der Waals surface area contributed by atoms with Crippen LogP contribution in [0.1, 0.15) is 43.8 Å². The van der Waals surface area contributed by atoms with Gasteiger partial charge in [0.05, 0.1) is 5.69 Å². The fraction of sp³-hybridized carbons (Fsp3) is 0.333. The molecule has 0 radical (unpaired) electrons. The summed E-state index contributed by atoms with van der Waals surface area (Å²) in [6.07, 6.45) is 12.6. The third-order valence-electron chi connectivity index (χ3n) is 6.53. The summed E-state index contributed by atoms with van der Waals surface area (Å²) in [6, 6.07) is 16.0. The van der Waals surface area contributed by atoms with E-state index in [1.165, 1.54) is 0 Å². The second-order valence-electron chi connectivity index (χ2n) is 8.85. The first-order valence-electron chi connectivity index (χ1n) is 11.8. The van der Waals surface area contributed by atoms with E-state index in [9.17, 15) is 4.79 Å². The molecule has 1 N–H and O–H groups in total. The summed E-state index contributed by atoms with van der Waals surface area (Å²) in [7, 11) is 0. The standard InChI is InChI=1S/C27H29N5O/c33-26(18-20-6-4-5-7-20)32-16-12-22(13-17-32)27-30-24(21-10-14-28-15-11-21)19-25(31-27)29-23-8-2-1-3-9-23/h1-4,6,8-11,14-15,19-20,22H,5,7,12-13,16-18H2,(H,29,30,31)/t20-/m1/s1. The van der Waals surface area contributed by atoms with Crippen LogP contribution in [0, 0.1) is 5.92 Å². The van der Waals surface area contributed by atoms with Gasteiger partial charge >= 0.3 is 0 Å². The van der Waals surface area contributed by atoms with Gasteiger partial charge in [-0.15, -0.1) is 0 Å². The SMILES string of the molecule is O=C(C[C@@H]1C=CCC1)N1CCC(c2nc(Nc3ccccc3)cc(-c3ccncc3)n2)CC1. The Hall–Kier alpha value is -3.54. The molecule has 1 amide bonds. The van der Waals surface area contributed by atoms with Crippen LogP contribution in [0.25, 0.3) is 11.3 Å². The van der Waals surface area contributed by atoms with Crippen molar-refractivity contribution in [3.63, 3.8) is 0 Å². The molecule has 3 heterocycles. The number of amides is 1. The number of aromatic nitrogens is 3. The van der Waals surface area contributed by atoms with Crippen molar-refractivity contribution in [2.75, 3.05) is 18.4 Å². The van der Waals surface area contributed by atoms with Gasteiger partial charge in [-0.2, -0.15) is 0 Å². The molecule has 6 heteroatoms. The number of para-hydroxylation sites is 1. The van der Waals surface area contributed by atoms with E-state index < -0.39 is 0 Å². The lowest BCUT2D eigenvalue weighted by molar-refractivity contribution is -0.132. The number of pyridine rings is 1. The predicted molar refractivity (Wildman–Crippen MR) is 130 cm³/mol. The molecule has 1 aromatic carbocycles. The molecule has 1 atom stereocenters. The highest BCUT2D eigenvalue weighted by Gasteiger charge is 2.27. The largest absolute Gasteiger partial charge is 0.343 e. The molecule has 0 saturated carbocycles. The Bertz CT molecular complexity index is 1110. The number of hydrogen-bond donors (Lipinski definition) is 1. The zero-order chi connectivity index (χ0) is 22.5. The Balaban J connectivity index is 1.33. The summed E-state index contributed by atoms with van der Waals surface area (Å²) in [6.45, 7) is 1.54. The van der Waals surface area contributed by atoms with Crippen LogP contribution in [-0.4, -0.2) is 38.8 Å². The summed E-state index contributed by atoms with van der Waals surface area (Å²) in [5.41, 5.74) is 2.89. The van der Waals surface area contributed by atoms with Crippen molar-refractivity contribution < 1.29 is 4.79 Å². The van der Waals surface area contributed by atoms with Crippen molar-refractivity contribution in [1.82, 2.24) is 19.9 Å². The van der Waals surface area contributed by atoms with Gasteiger partial charge in [-0.25, -0.2) is 9.97 Å². The molecule has 168 valence electrons. The van der Waals surface area contributed by atoms with Gasteiger partial charge in [0.2, 0.25) is 5.91 Å². The first-order valence-corrected chi connectivity index (χ1v) is 11.8. The number of carbonyl (C=O) groups is 1. The first kappa shape index (κ1) is 21.3. The summed E-state index contributed by atoms with van der Waals surface area (Å²) in [5.74, 6) is 2.56. The highest BCUT2D eigenvalue weighted by molar-refractivity contribution is 5.77. The topological polar surface area (TPSA) is 71.0 Å². The molecule has 2 aromatic heterocycles. The van der Waals surface area contributed by atoms with E-state index in [2.05, 4.69) is 22.5 Å². The van der Waals surface area contributed by atoms with E-state index in [0.717, 1.165) is 67.4 Å². The van der Waals surface area contributed by atoms with Crippen molar-refractivity contribution >= 4 is 17.4 Å². The molecule has 5 rings (SSSR count). The number of allylic oxidation sites excluding steroid dienone is 2. The molecule has 0 unspecified atom stereocenters. The molecule has 2 aliphatic rings. The van der Waals surface area contributed by atoms with Crippen LogP contribution < -0.4 is 5.32 Å². The number of carbonyl (C=O) groups excluding carboxylic acids is 1. The molecule has 1 aliphatic carbocycles. The smallest absolute Gasteiger partial charge is 0.223 e. The fourth-order valence-electron chi connectivity index (χ4n) is 4.66. The lowest BCUT2D eigenvalue weighted by Gasteiger charge is -2.32. The lowest BCUT2D eigenvalue weighted by Crippen LogP contribution is -2.38. The number of rotatable bonds is 6. The normalized spacial score (nSPS) is 18.4. The van der Waals surface area contributed by atoms with Crippen LogP contribution in [0.5, 0.6) is 0 Å². The van der Waals surface area contributed by atoms with Crippen LogP contribution in [0.15, 0.2) is 73.1 Å². The average Bonchev–Trinajstić information content (AvgIpc) is 3.38. The number of benzene rings is 1. The van der Waals surface area contributed by atoms with Crippen LogP contribution in [0.3, 0.4) is 0 Å². The van der Waals surface area contributed by atoms with Gasteiger partial charge in [-0.05, 0) is 55.9 Å². The minimum atomic E-state index is 0.235.